The monoisotopic (exact) mass is 200 g/mol. The van der Waals surface area contributed by atoms with Crippen molar-refractivity contribution in [2.75, 3.05) is 19.6 Å². The maximum Gasteiger partial charge on any atom is 0.0719 e. The van der Waals surface area contributed by atoms with Crippen molar-refractivity contribution in [2.24, 2.45) is 5.92 Å². The summed E-state index contributed by atoms with van der Waals surface area (Å²) in [4.78, 5) is 2.34. The highest BCUT2D eigenvalue weighted by atomic mass is 16.3. The molecule has 84 valence electrons. The molecule has 3 heteroatoms. The molecule has 0 bridgehead atoms. The Morgan fingerprint density at radius 1 is 1.29 bits per heavy atom. The first-order valence-electron chi connectivity index (χ1n) is 5.66. The second-order valence-corrected chi connectivity index (χ2v) is 4.94. The summed E-state index contributed by atoms with van der Waals surface area (Å²) in [5, 5.41) is 13.2. The minimum absolute atomic E-state index is 0.149. The van der Waals surface area contributed by atoms with Crippen LogP contribution in [0.4, 0.5) is 0 Å². The van der Waals surface area contributed by atoms with Gasteiger partial charge >= 0.3 is 0 Å². The SMILES string of the molecule is CC(C)NC[C@H]1CN(C(C)C)C[C@H]1O. The molecule has 1 fully saturated rings. The number of hydrogen-bond donors (Lipinski definition) is 2. The zero-order chi connectivity index (χ0) is 10.7. The Hall–Kier alpha value is -0.120. The molecule has 1 rings (SSSR count). The molecule has 3 nitrogen and oxygen atoms in total. The molecule has 0 saturated carbocycles. The van der Waals surface area contributed by atoms with Gasteiger partial charge in [0.2, 0.25) is 0 Å². The molecule has 1 heterocycles. The van der Waals surface area contributed by atoms with Crippen LogP contribution >= 0.6 is 0 Å². The van der Waals surface area contributed by atoms with E-state index < -0.39 is 0 Å². The lowest BCUT2D eigenvalue weighted by Gasteiger charge is -2.20. The average Bonchev–Trinajstić information content (AvgIpc) is 2.43. The predicted molar refractivity (Wildman–Crippen MR) is 59.3 cm³/mol. The van der Waals surface area contributed by atoms with Crippen molar-refractivity contribution in [3.8, 4) is 0 Å². The van der Waals surface area contributed by atoms with Gasteiger partial charge in [0.25, 0.3) is 0 Å². The molecule has 0 unspecified atom stereocenters. The molecule has 2 N–H and O–H groups in total. The molecule has 1 aliphatic heterocycles. The van der Waals surface area contributed by atoms with Gasteiger partial charge in [0.1, 0.15) is 0 Å². The van der Waals surface area contributed by atoms with E-state index >= 15 is 0 Å². The minimum Gasteiger partial charge on any atom is -0.391 e. The molecule has 0 spiro atoms. The fourth-order valence-corrected chi connectivity index (χ4v) is 1.90. The van der Waals surface area contributed by atoms with Gasteiger partial charge in [-0.05, 0) is 13.8 Å². The summed E-state index contributed by atoms with van der Waals surface area (Å²) in [6.07, 6.45) is -0.149. The number of hydrogen-bond acceptors (Lipinski definition) is 3. The molecule has 0 amide bonds. The van der Waals surface area contributed by atoms with Crippen molar-refractivity contribution in [3.63, 3.8) is 0 Å². The van der Waals surface area contributed by atoms with Crippen molar-refractivity contribution >= 4 is 0 Å². The van der Waals surface area contributed by atoms with Crippen molar-refractivity contribution in [3.05, 3.63) is 0 Å². The summed E-state index contributed by atoms with van der Waals surface area (Å²) < 4.78 is 0. The maximum absolute atomic E-state index is 9.84. The first-order chi connectivity index (χ1) is 6.50. The fraction of sp³-hybridized carbons (Fsp3) is 1.00. The van der Waals surface area contributed by atoms with Crippen molar-refractivity contribution in [1.82, 2.24) is 10.2 Å². The topological polar surface area (TPSA) is 35.5 Å². The van der Waals surface area contributed by atoms with E-state index in [1.807, 2.05) is 0 Å². The van der Waals surface area contributed by atoms with Crippen LogP contribution in [0.5, 0.6) is 0 Å². The molecule has 0 aromatic rings. The molecule has 1 saturated heterocycles. The Bertz CT molecular complexity index is 171. The van der Waals surface area contributed by atoms with Crippen molar-refractivity contribution < 1.29 is 5.11 Å². The smallest absolute Gasteiger partial charge is 0.0719 e. The number of nitrogens with one attached hydrogen (secondary N) is 1. The quantitative estimate of drug-likeness (QED) is 0.701. The fourth-order valence-electron chi connectivity index (χ4n) is 1.90. The van der Waals surface area contributed by atoms with E-state index in [-0.39, 0.29) is 6.10 Å². The number of likely N-dealkylation sites (tertiary alicyclic amines) is 1. The van der Waals surface area contributed by atoms with Crippen LogP contribution in [-0.4, -0.2) is 47.8 Å². The van der Waals surface area contributed by atoms with Crippen molar-refractivity contribution in [1.29, 1.82) is 0 Å². The van der Waals surface area contributed by atoms with Gasteiger partial charge in [0.05, 0.1) is 6.10 Å². The van der Waals surface area contributed by atoms with Gasteiger partial charge in [0, 0.05) is 37.6 Å². The molecule has 14 heavy (non-hydrogen) atoms. The van der Waals surface area contributed by atoms with E-state index in [2.05, 4.69) is 37.9 Å². The molecule has 1 aliphatic rings. The predicted octanol–water partition coefficient (Wildman–Crippen LogP) is 0.685. The van der Waals surface area contributed by atoms with Crippen LogP contribution in [0, 0.1) is 5.92 Å². The van der Waals surface area contributed by atoms with E-state index in [1.54, 1.807) is 0 Å². The van der Waals surface area contributed by atoms with Crippen LogP contribution in [0.2, 0.25) is 0 Å². The molecule has 0 aliphatic carbocycles. The first-order valence-corrected chi connectivity index (χ1v) is 5.66. The Balaban J connectivity index is 2.33. The molecule has 2 atom stereocenters. The van der Waals surface area contributed by atoms with E-state index in [1.165, 1.54) is 0 Å². The number of aliphatic hydroxyl groups excluding tert-OH is 1. The van der Waals surface area contributed by atoms with Gasteiger partial charge in [-0.1, -0.05) is 13.8 Å². The zero-order valence-electron chi connectivity index (χ0n) is 9.83. The summed E-state index contributed by atoms with van der Waals surface area (Å²) in [5.41, 5.74) is 0. The average molecular weight is 200 g/mol. The maximum atomic E-state index is 9.84. The Kier molecular flexibility index (Phi) is 4.35. The van der Waals surface area contributed by atoms with Gasteiger partial charge in [-0.3, -0.25) is 4.90 Å². The number of β-amino-alcohol motifs (C(OH)–C–C–N with tert-alkyl or cyclic N) is 1. The van der Waals surface area contributed by atoms with E-state index in [9.17, 15) is 5.11 Å². The van der Waals surface area contributed by atoms with Crippen LogP contribution in [0.15, 0.2) is 0 Å². The third-order valence-corrected chi connectivity index (χ3v) is 2.95. The van der Waals surface area contributed by atoms with Crippen molar-refractivity contribution in [2.45, 2.75) is 45.9 Å². The standard InChI is InChI=1S/C11H24N2O/c1-8(2)12-5-10-6-13(9(3)4)7-11(10)14/h8-12,14H,5-7H2,1-4H3/t10-,11+/m0/s1. The van der Waals surface area contributed by atoms with E-state index in [4.69, 9.17) is 0 Å². The van der Waals surface area contributed by atoms with Crippen LogP contribution in [0.25, 0.3) is 0 Å². The second-order valence-electron chi connectivity index (χ2n) is 4.94. The minimum atomic E-state index is -0.149. The summed E-state index contributed by atoms with van der Waals surface area (Å²) in [6.45, 7) is 11.4. The van der Waals surface area contributed by atoms with Crippen LogP contribution in [-0.2, 0) is 0 Å². The van der Waals surface area contributed by atoms with E-state index in [0.717, 1.165) is 19.6 Å². The van der Waals surface area contributed by atoms with E-state index in [0.29, 0.717) is 18.0 Å². The first kappa shape index (κ1) is 12.0. The molecule has 0 aromatic heterocycles. The number of aliphatic hydroxyl groups is 1. The number of nitrogens with zero attached hydrogens (tertiary/aromatic N) is 1. The van der Waals surface area contributed by atoms with Crippen LogP contribution < -0.4 is 5.32 Å². The van der Waals surface area contributed by atoms with Gasteiger partial charge in [0.15, 0.2) is 0 Å². The molecular weight excluding hydrogens is 176 g/mol. The molecular formula is C11H24N2O. The Labute approximate surface area is 87.5 Å². The summed E-state index contributed by atoms with van der Waals surface area (Å²) >= 11 is 0. The Morgan fingerprint density at radius 2 is 1.93 bits per heavy atom. The second kappa shape index (κ2) is 5.10. The lowest BCUT2D eigenvalue weighted by molar-refractivity contribution is 0.136. The molecule has 0 radical (unpaired) electrons. The lowest BCUT2D eigenvalue weighted by atomic mass is 10.1. The van der Waals surface area contributed by atoms with Gasteiger partial charge < -0.3 is 10.4 Å². The van der Waals surface area contributed by atoms with Gasteiger partial charge in [-0.2, -0.15) is 0 Å². The number of rotatable bonds is 4. The van der Waals surface area contributed by atoms with Gasteiger partial charge in [-0.15, -0.1) is 0 Å². The van der Waals surface area contributed by atoms with Crippen LogP contribution in [0.3, 0.4) is 0 Å². The third kappa shape index (κ3) is 3.23. The summed E-state index contributed by atoms with van der Waals surface area (Å²) in [6, 6.07) is 1.06. The third-order valence-electron chi connectivity index (χ3n) is 2.95. The Morgan fingerprint density at radius 3 is 2.36 bits per heavy atom. The van der Waals surface area contributed by atoms with Crippen LogP contribution in [0.1, 0.15) is 27.7 Å². The highest BCUT2D eigenvalue weighted by Gasteiger charge is 2.31. The largest absolute Gasteiger partial charge is 0.391 e. The van der Waals surface area contributed by atoms with Gasteiger partial charge in [-0.25, -0.2) is 0 Å². The zero-order valence-corrected chi connectivity index (χ0v) is 9.83. The highest BCUT2D eigenvalue weighted by molar-refractivity contribution is 4.86. The summed E-state index contributed by atoms with van der Waals surface area (Å²) in [7, 11) is 0. The normalized spacial score (nSPS) is 29.4. The lowest BCUT2D eigenvalue weighted by Crippen LogP contribution is -2.34. The summed E-state index contributed by atoms with van der Waals surface area (Å²) in [5.74, 6) is 0.403. The molecule has 0 aromatic carbocycles. The highest BCUT2D eigenvalue weighted by Crippen LogP contribution is 2.18.